The largest absolute Gasteiger partial charge is 0.335 e. The minimum atomic E-state index is -0.222. The number of carbonyl (C=O) groups excluding carboxylic acids is 1. The van der Waals surface area contributed by atoms with E-state index in [1.165, 1.54) is 6.07 Å². The van der Waals surface area contributed by atoms with Gasteiger partial charge in [0.2, 0.25) is 5.91 Å². The molecule has 4 heteroatoms. The van der Waals surface area contributed by atoms with Gasteiger partial charge in [-0.2, -0.15) is 0 Å². The number of fused-ring (bicyclic) bond motifs is 1. The third kappa shape index (κ3) is 2.17. The fourth-order valence-corrected chi connectivity index (χ4v) is 2.47. The molecule has 0 unspecified atom stereocenters. The second-order valence-electron chi connectivity index (χ2n) is 4.36. The molecule has 0 saturated heterocycles. The van der Waals surface area contributed by atoms with Crippen LogP contribution in [0, 0.1) is 5.82 Å². The normalized spacial score (nSPS) is 19.0. The van der Waals surface area contributed by atoms with Gasteiger partial charge in [-0.1, -0.05) is 12.1 Å². The average molecular weight is 236 g/mol. The summed E-state index contributed by atoms with van der Waals surface area (Å²) in [5.41, 5.74) is 7.05. The topological polar surface area (TPSA) is 46.3 Å². The fraction of sp³-hybridized carbons (Fsp3) is 0.462. The van der Waals surface area contributed by atoms with Gasteiger partial charge in [0.05, 0.1) is 6.04 Å². The Morgan fingerprint density at radius 2 is 2.35 bits per heavy atom. The Balaban J connectivity index is 2.29. The molecule has 1 amide bonds. The number of amides is 1. The van der Waals surface area contributed by atoms with Gasteiger partial charge in [-0.05, 0) is 25.0 Å². The maximum absolute atomic E-state index is 13.8. The summed E-state index contributed by atoms with van der Waals surface area (Å²) >= 11 is 0. The molecule has 0 bridgehead atoms. The van der Waals surface area contributed by atoms with E-state index in [0.29, 0.717) is 31.5 Å². The first-order valence-corrected chi connectivity index (χ1v) is 5.92. The number of hydrogen-bond donors (Lipinski definition) is 1. The standard InChI is InChI=1S/C13H17FN2O/c1-9-13-10(3-2-4-11(13)14)6-8-16(9)12(17)5-7-15/h2-4,9H,5-8,15H2,1H3/t9-/m0/s1. The monoisotopic (exact) mass is 236 g/mol. The predicted octanol–water partition coefficient (Wildman–Crippen LogP) is 1.62. The number of halogens is 1. The Labute approximate surface area is 100 Å². The highest BCUT2D eigenvalue weighted by atomic mass is 19.1. The molecule has 2 rings (SSSR count). The van der Waals surface area contributed by atoms with Crippen LogP contribution in [0.1, 0.15) is 30.5 Å². The summed E-state index contributed by atoms with van der Waals surface area (Å²) < 4.78 is 13.8. The summed E-state index contributed by atoms with van der Waals surface area (Å²) in [6, 6.07) is 4.91. The van der Waals surface area contributed by atoms with Crippen molar-refractivity contribution in [2.45, 2.75) is 25.8 Å². The minimum absolute atomic E-state index is 0.00824. The molecule has 3 nitrogen and oxygen atoms in total. The lowest BCUT2D eigenvalue weighted by molar-refractivity contribution is -0.133. The lowest BCUT2D eigenvalue weighted by atomic mass is 9.93. The van der Waals surface area contributed by atoms with Gasteiger partial charge in [-0.25, -0.2) is 4.39 Å². The van der Waals surface area contributed by atoms with E-state index in [1.54, 1.807) is 11.0 Å². The first kappa shape index (κ1) is 12.0. The molecular weight excluding hydrogens is 219 g/mol. The van der Waals surface area contributed by atoms with Crippen molar-refractivity contribution in [3.8, 4) is 0 Å². The Morgan fingerprint density at radius 1 is 1.59 bits per heavy atom. The first-order chi connectivity index (χ1) is 8.15. The molecule has 0 fully saturated rings. The van der Waals surface area contributed by atoms with E-state index in [1.807, 2.05) is 13.0 Å². The summed E-state index contributed by atoms with van der Waals surface area (Å²) in [6.45, 7) is 2.86. The van der Waals surface area contributed by atoms with Gasteiger partial charge in [0.25, 0.3) is 0 Å². The maximum Gasteiger partial charge on any atom is 0.224 e. The van der Waals surface area contributed by atoms with Crippen LogP contribution in [-0.2, 0) is 11.2 Å². The zero-order chi connectivity index (χ0) is 12.4. The molecule has 92 valence electrons. The predicted molar refractivity (Wildman–Crippen MR) is 63.9 cm³/mol. The number of benzene rings is 1. The van der Waals surface area contributed by atoms with Crippen LogP contribution >= 0.6 is 0 Å². The van der Waals surface area contributed by atoms with Crippen LogP contribution in [0.2, 0.25) is 0 Å². The highest BCUT2D eigenvalue weighted by Crippen LogP contribution is 2.31. The zero-order valence-corrected chi connectivity index (χ0v) is 9.95. The highest BCUT2D eigenvalue weighted by molar-refractivity contribution is 5.77. The Kier molecular flexibility index (Phi) is 3.43. The van der Waals surface area contributed by atoms with Gasteiger partial charge in [0.1, 0.15) is 5.82 Å². The molecule has 0 radical (unpaired) electrons. The summed E-state index contributed by atoms with van der Waals surface area (Å²) in [5.74, 6) is -0.214. The molecule has 0 aromatic heterocycles. The van der Waals surface area contributed by atoms with Gasteiger partial charge in [-0.15, -0.1) is 0 Å². The Hall–Kier alpha value is -1.42. The molecular formula is C13H17FN2O. The fourth-order valence-electron chi connectivity index (χ4n) is 2.47. The second kappa shape index (κ2) is 4.84. The van der Waals surface area contributed by atoms with Gasteiger partial charge < -0.3 is 10.6 Å². The van der Waals surface area contributed by atoms with Crippen molar-refractivity contribution in [2.24, 2.45) is 5.73 Å². The second-order valence-corrected chi connectivity index (χ2v) is 4.36. The number of rotatable bonds is 2. The number of carbonyl (C=O) groups is 1. The van der Waals surface area contributed by atoms with Gasteiger partial charge in [0, 0.05) is 25.1 Å². The van der Waals surface area contributed by atoms with Crippen molar-refractivity contribution in [1.29, 1.82) is 0 Å². The zero-order valence-electron chi connectivity index (χ0n) is 9.95. The van der Waals surface area contributed by atoms with Crippen LogP contribution in [0.5, 0.6) is 0 Å². The number of nitrogens with two attached hydrogens (primary N) is 1. The van der Waals surface area contributed by atoms with Crippen molar-refractivity contribution >= 4 is 5.91 Å². The van der Waals surface area contributed by atoms with E-state index < -0.39 is 0 Å². The van der Waals surface area contributed by atoms with E-state index in [-0.39, 0.29) is 17.8 Å². The lowest BCUT2D eigenvalue weighted by Gasteiger charge is -2.35. The van der Waals surface area contributed by atoms with E-state index in [0.717, 1.165) is 5.56 Å². The maximum atomic E-state index is 13.8. The average Bonchev–Trinajstić information content (AvgIpc) is 2.29. The van der Waals surface area contributed by atoms with Crippen molar-refractivity contribution in [3.63, 3.8) is 0 Å². The molecule has 0 saturated carbocycles. The van der Waals surface area contributed by atoms with Crippen molar-refractivity contribution in [1.82, 2.24) is 4.90 Å². The third-order valence-electron chi connectivity index (χ3n) is 3.33. The molecule has 17 heavy (non-hydrogen) atoms. The molecule has 1 aromatic rings. The molecule has 1 atom stereocenters. The molecule has 2 N–H and O–H groups in total. The smallest absolute Gasteiger partial charge is 0.224 e. The van der Waals surface area contributed by atoms with Crippen molar-refractivity contribution < 1.29 is 9.18 Å². The van der Waals surface area contributed by atoms with E-state index >= 15 is 0 Å². The molecule has 1 aliphatic rings. The quantitative estimate of drug-likeness (QED) is 0.848. The van der Waals surface area contributed by atoms with Gasteiger partial charge >= 0.3 is 0 Å². The Bertz CT molecular complexity index is 433. The molecule has 0 spiro atoms. The highest BCUT2D eigenvalue weighted by Gasteiger charge is 2.28. The van der Waals surface area contributed by atoms with Crippen LogP contribution in [0.3, 0.4) is 0 Å². The van der Waals surface area contributed by atoms with Crippen molar-refractivity contribution in [3.05, 3.63) is 35.1 Å². The van der Waals surface area contributed by atoms with Crippen LogP contribution < -0.4 is 5.73 Å². The number of nitrogens with zero attached hydrogens (tertiary/aromatic N) is 1. The minimum Gasteiger partial charge on any atom is -0.335 e. The summed E-state index contributed by atoms with van der Waals surface area (Å²) in [6.07, 6.45) is 1.04. The third-order valence-corrected chi connectivity index (χ3v) is 3.33. The van der Waals surface area contributed by atoms with Gasteiger partial charge in [-0.3, -0.25) is 4.79 Å². The lowest BCUT2D eigenvalue weighted by Crippen LogP contribution is -2.40. The summed E-state index contributed by atoms with van der Waals surface area (Å²) in [7, 11) is 0. The molecule has 1 aromatic carbocycles. The molecule has 1 heterocycles. The molecule has 1 aliphatic heterocycles. The Morgan fingerprint density at radius 3 is 3.06 bits per heavy atom. The SMILES string of the molecule is C[C@H]1c2c(F)cccc2CCN1C(=O)CCN. The van der Waals surface area contributed by atoms with Crippen molar-refractivity contribution in [2.75, 3.05) is 13.1 Å². The summed E-state index contributed by atoms with van der Waals surface area (Å²) in [4.78, 5) is 13.6. The van der Waals surface area contributed by atoms with E-state index in [9.17, 15) is 9.18 Å². The van der Waals surface area contributed by atoms with E-state index in [2.05, 4.69) is 0 Å². The number of hydrogen-bond acceptors (Lipinski definition) is 2. The van der Waals surface area contributed by atoms with Crippen LogP contribution in [0.15, 0.2) is 18.2 Å². The van der Waals surface area contributed by atoms with E-state index in [4.69, 9.17) is 5.73 Å². The first-order valence-electron chi connectivity index (χ1n) is 5.92. The summed E-state index contributed by atoms with van der Waals surface area (Å²) in [5, 5.41) is 0. The van der Waals surface area contributed by atoms with Gasteiger partial charge in [0.15, 0.2) is 0 Å². The van der Waals surface area contributed by atoms with Crippen LogP contribution in [-0.4, -0.2) is 23.9 Å². The molecule has 0 aliphatic carbocycles. The van der Waals surface area contributed by atoms with Crippen LogP contribution in [0.25, 0.3) is 0 Å². The van der Waals surface area contributed by atoms with Crippen LogP contribution in [0.4, 0.5) is 4.39 Å².